The number of ether oxygens (including phenoxy) is 1. The number of hydrogen-bond donors (Lipinski definition) is 1. The van der Waals surface area contributed by atoms with E-state index in [-0.39, 0.29) is 6.04 Å². The zero-order valence-corrected chi connectivity index (χ0v) is 11.9. The number of rotatable bonds is 7. The summed E-state index contributed by atoms with van der Waals surface area (Å²) in [6, 6.07) is 0.841. The SMILES string of the molecule is COCCN(CCC1CS(=O)(=O)CCN1)C1CC1. The average molecular weight is 276 g/mol. The lowest BCUT2D eigenvalue weighted by Gasteiger charge is -2.27. The number of sulfone groups is 1. The van der Waals surface area contributed by atoms with Crippen molar-refractivity contribution in [3.05, 3.63) is 0 Å². The minimum Gasteiger partial charge on any atom is -0.383 e. The molecule has 2 aliphatic rings. The van der Waals surface area contributed by atoms with Crippen LogP contribution in [0.15, 0.2) is 0 Å². The van der Waals surface area contributed by atoms with Crippen molar-refractivity contribution in [3.8, 4) is 0 Å². The summed E-state index contributed by atoms with van der Waals surface area (Å²) in [5, 5.41) is 3.31. The quantitative estimate of drug-likeness (QED) is 0.702. The van der Waals surface area contributed by atoms with Crippen LogP contribution < -0.4 is 5.32 Å². The minimum atomic E-state index is -2.81. The monoisotopic (exact) mass is 276 g/mol. The van der Waals surface area contributed by atoms with Gasteiger partial charge in [0, 0.05) is 38.8 Å². The highest BCUT2D eigenvalue weighted by Gasteiger charge is 2.30. The summed E-state index contributed by atoms with van der Waals surface area (Å²) in [4.78, 5) is 2.44. The molecule has 5 nitrogen and oxygen atoms in total. The first-order valence-electron chi connectivity index (χ1n) is 6.77. The molecule has 1 N–H and O–H groups in total. The van der Waals surface area contributed by atoms with E-state index < -0.39 is 9.84 Å². The first-order chi connectivity index (χ1) is 8.61. The van der Waals surface area contributed by atoms with Gasteiger partial charge in [-0.1, -0.05) is 0 Å². The van der Waals surface area contributed by atoms with Gasteiger partial charge in [-0.25, -0.2) is 8.42 Å². The lowest BCUT2D eigenvalue weighted by molar-refractivity contribution is 0.140. The standard InChI is InChI=1S/C12H24N2O3S/c1-17-8-7-14(12-2-3-12)6-4-11-10-18(15,16)9-5-13-11/h11-13H,2-10H2,1H3. The number of nitrogens with one attached hydrogen (secondary N) is 1. The van der Waals surface area contributed by atoms with E-state index in [2.05, 4.69) is 10.2 Å². The fraction of sp³-hybridized carbons (Fsp3) is 1.00. The van der Waals surface area contributed by atoms with Gasteiger partial charge in [0.1, 0.15) is 0 Å². The number of methoxy groups -OCH3 is 1. The summed E-state index contributed by atoms with van der Waals surface area (Å²) in [5.41, 5.74) is 0. The van der Waals surface area contributed by atoms with Crippen molar-refractivity contribution < 1.29 is 13.2 Å². The first kappa shape index (κ1) is 14.2. The van der Waals surface area contributed by atoms with Gasteiger partial charge in [0.2, 0.25) is 0 Å². The summed E-state index contributed by atoms with van der Waals surface area (Å²) in [5.74, 6) is 0.593. The number of hydrogen-bond acceptors (Lipinski definition) is 5. The molecule has 0 bridgehead atoms. The molecule has 106 valence electrons. The van der Waals surface area contributed by atoms with E-state index in [9.17, 15) is 8.42 Å². The van der Waals surface area contributed by atoms with Crippen LogP contribution in [0, 0.1) is 0 Å². The molecule has 0 radical (unpaired) electrons. The van der Waals surface area contributed by atoms with Crippen LogP contribution in [-0.2, 0) is 14.6 Å². The maximum atomic E-state index is 11.6. The van der Waals surface area contributed by atoms with Crippen molar-refractivity contribution in [2.24, 2.45) is 0 Å². The van der Waals surface area contributed by atoms with Crippen LogP contribution in [0.25, 0.3) is 0 Å². The third kappa shape index (κ3) is 4.50. The Morgan fingerprint density at radius 1 is 1.33 bits per heavy atom. The molecule has 0 aromatic carbocycles. The Hall–Kier alpha value is -0.170. The summed E-state index contributed by atoms with van der Waals surface area (Å²) < 4.78 is 28.2. The van der Waals surface area contributed by atoms with Crippen molar-refractivity contribution in [1.29, 1.82) is 0 Å². The van der Waals surface area contributed by atoms with Crippen LogP contribution in [0.3, 0.4) is 0 Å². The van der Waals surface area contributed by atoms with E-state index in [0.717, 1.165) is 26.1 Å². The fourth-order valence-corrected chi connectivity index (χ4v) is 3.99. The molecule has 1 aliphatic heterocycles. The molecule has 0 aromatic rings. The molecule has 1 aliphatic carbocycles. The van der Waals surface area contributed by atoms with Gasteiger partial charge in [-0.05, 0) is 19.3 Å². The lowest BCUT2D eigenvalue weighted by Crippen LogP contribution is -2.46. The molecule has 6 heteroatoms. The molecule has 1 saturated carbocycles. The van der Waals surface area contributed by atoms with Gasteiger partial charge in [-0.3, -0.25) is 4.90 Å². The van der Waals surface area contributed by atoms with Gasteiger partial charge in [-0.2, -0.15) is 0 Å². The molecule has 1 heterocycles. The third-order valence-electron chi connectivity index (χ3n) is 3.71. The highest BCUT2D eigenvalue weighted by atomic mass is 32.2. The summed E-state index contributed by atoms with van der Waals surface area (Å²) in [7, 11) is -1.08. The average Bonchev–Trinajstić information content (AvgIpc) is 3.12. The van der Waals surface area contributed by atoms with Crippen LogP contribution >= 0.6 is 0 Å². The lowest BCUT2D eigenvalue weighted by atomic mass is 10.2. The molecule has 0 amide bonds. The van der Waals surface area contributed by atoms with E-state index in [1.54, 1.807) is 7.11 Å². The molecule has 2 rings (SSSR count). The normalized spacial score (nSPS) is 27.6. The summed E-state index contributed by atoms with van der Waals surface area (Å²) in [6.07, 6.45) is 3.47. The maximum absolute atomic E-state index is 11.6. The van der Waals surface area contributed by atoms with Gasteiger partial charge in [-0.15, -0.1) is 0 Å². The van der Waals surface area contributed by atoms with E-state index in [0.29, 0.717) is 24.1 Å². The molecule has 18 heavy (non-hydrogen) atoms. The Balaban J connectivity index is 1.74. The molecule has 1 unspecified atom stereocenters. The van der Waals surface area contributed by atoms with Crippen LogP contribution in [0.5, 0.6) is 0 Å². The largest absolute Gasteiger partial charge is 0.383 e. The van der Waals surface area contributed by atoms with Crippen molar-refractivity contribution in [3.63, 3.8) is 0 Å². The van der Waals surface area contributed by atoms with Gasteiger partial charge >= 0.3 is 0 Å². The Morgan fingerprint density at radius 3 is 2.72 bits per heavy atom. The Bertz CT molecular complexity index is 354. The minimum absolute atomic E-state index is 0.132. The van der Waals surface area contributed by atoms with Crippen molar-refractivity contribution in [2.75, 3.05) is 44.9 Å². The zero-order valence-electron chi connectivity index (χ0n) is 11.1. The van der Waals surface area contributed by atoms with Gasteiger partial charge in [0.25, 0.3) is 0 Å². The predicted octanol–water partition coefficient (Wildman–Crippen LogP) is -0.126. The summed E-state index contributed by atoms with van der Waals surface area (Å²) >= 11 is 0. The molecular formula is C12H24N2O3S. The second-order valence-electron chi connectivity index (χ2n) is 5.31. The topological polar surface area (TPSA) is 58.6 Å². The van der Waals surface area contributed by atoms with Crippen LogP contribution in [-0.4, -0.2) is 70.3 Å². The summed E-state index contributed by atoms with van der Waals surface area (Å²) in [6.45, 7) is 3.29. The fourth-order valence-electron chi connectivity index (χ4n) is 2.50. The Kier molecular flexibility index (Phi) is 5.00. The van der Waals surface area contributed by atoms with E-state index >= 15 is 0 Å². The zero-order chi connectivity index (χ0) is 13.0. The Labute approximate surface area is 110 Å². The van der Waals surface area contributed by atoms with Crippen LogP contribution in [0.2, 0.25) is 0 Å². The Morgan fingerprint density at radius 2 is 2.11 bits per heavy atom. The van der Waals surface area contributed by atoms with Gasteiger partial charge in [0.05, 0.1) is 18.1 Å². The molecule has 0 aromatic heterocycles. The first-order valence-corrected chi connectivity index (χ1v) is 8.59. The van der Waals surface area contributed by atoms with Gasteiger partial charge < -0.3 is 10.1 Å². The predicted molar refractivity (Wildman–Crippen MR) is 71.5 cm³/mol. The molecule has 0 spiro atoms. The van der Waals surface area contributed by atoms with E-state index in [4.69, 9.17) is 4.74 Å². The second-order valence-corrected chi connectivity index (χ2v) is 7.54. The van der Waals surface area contributed by atoms with E-state index in [1.807, 2.05) is 0 Å². The van der Waals surface area contributed by atoms with Crippen molar-refractivity contribution in [1.82, 2.24) is 10.2 Å². The van der Waals surface area contributed by atoms with Crippen LogP contribution in [0.4, 0.5) is 0 Å². The molecular weight excluding hydrogens is 252 g/mol. The van der Waals surface area contributed by atoms with Gasteiger partial charge in [0.15, 0.2) is 9.84 Å². The number of nitrogens with zero attached hydrogens (tertiary/aromatic N) is 1. The maximum Gasteiger partial charge on any atom is 0.153 e. The van der Waals surface area contributed by atoms with Crippen molar-refractivity contribution >= 4 is 9.84 Å². The van der Waals surface area contributed by atoms with E-state index in [1.165, 1.54) is 12.8 Å². The highest BCUT2D eigenvalue weighted by molar-refractivity contribution is 7.91. The smallest absolute Gasteiger partial charge is 0.153 e. The third-order valence-corrected chi connectivity index (χ3v) is 5.45. The second kappa shape index (κ2) is 6.32. The van der Waals surface area contributed by atoms with Crippen LogP contribution in [0.1, 0.15) is 19.3 Å². The molecule has 1 atom stereocenters. The molecule has 1 saturated heterocycles. The van der Waals surface area contributed by atoms with Crippen molar-refractivity contribution in [2.45, 2.75) is 31.3 Å². The highest BCUT2D eigenvalue weighted by Crippen LogP contribution is 2.26. The molecule has 2 fully saturated rings.